The smallest absolute Gasteiger partial charge is 0.309 e. The zero-order valence-electron chi connectivity index (χ0n) is 9.60. The number of carbonyl (C=O) groups excluding carboxylic acids is 1. The molecule has 0 saturated heterocycles. The van der Waals surface area contributed by atoms with E-state index in [4.69, 9.17) is 16.3 Å². The Hall–Kier alpha value is -1.06. The molecule has 92 valence electrons. The highest BCUT2D eigenvalue weighted by atomic mass is 35.5. The van der Waals surface area contributed by atoms with Gasteiger partial charge in [-0.15, -0.1) is 0 Å². The fourth-order valence-corrected chi connectivity index (χ4v) is 2.63. The molecule has 4 heteroatoms. The van der Waals surface area contributed by atoms with Crippen molar-refractivity contribution in [2.24, 2.45) is 5.92 Å². The average molecular weight is 255 g/mol. The summed E-state index contributed by atoms with van der Waals surface area (Å²) in [6.45, 7) is 0. The summed E-state index contributed by atoms with van der Waals surface area (Å²) < 4.78 is 4.78. The number of ether oxygens (including phenoxy) is 1. The standard InChI is InChI=1S/C13H15ClO3/c1-17-13(16)12-7-10(15)6-11(12)8-2-4-9(14)5-3-8/h2-5,10-12,15H,6-7H2,1H3/t10-,11+,12-/m1/s1. The van der Waals surface area contributed by atoms with Crippen molar-refractivity contribution in [2.75, 3.05) is 7.11 Å². The largest absolute Gasteiger partial charge is 0.469 e. The van der Waals surface area contributed by atoms with Gasteiger partial charge >= 0.3 is 5.97 Å². The van der Waals surface area contributed by atoms with Crippen LogP contribution in [-0.2, 0) is 9.53 Å². The van der Waals surface area contributed by atoms with Gasteiger partial charge < -0.3 is 9.84 Å². The third kappa shape index (κ3) is 2.61. The summed E-state index contributed by atoms with van der Waals surface area (Å²) in [4.78, 5) is 11.7. The summed E-state index contributed by atoms with van der Waals surface area (Å²) in [7, 11) is 1.38. The predicted octanol–water partition coefficient (Wildman–Crippen LogP) is 2.37. The molecule has 1 aromatic carbocycles. The highest BCUT2D eigenvalue weighted by Crippen LogP contribution is 2.40. The first-order chi connectivity index (χ1) is 8.11. The van der Waals surface area contributed by atoms with Gasteiger partial charge in [-0.25, -0.2) is 0 Å². The van der Waals surface area contributed by atoms with E-state index in [9.17, 15) is 9.90 Å². The third-order valence-electron chi connectivity index (χ3n) is 3.34. The third-order valence-corrected chi connectivity index (χ3v) is 3.59. The molecule has 1 N–H and O–H groups in total. The number of rotatable bonds is 2. The Kier molecular flexibility index (Phi) is 3.69. The molecular weight excluding hydrogens is 240 g/mol. The van der Waals surface area contributed by atoms with Gasteiger partial charge in [0.2, 0.25) is 0 Å². The number of esters is 1. The van der Waals surface area contributed by atoms with Gasteiger partial charge in [-0.05, 0) is 36.5 Å². The van der Waals surface area contributed by atoms with E-state index in [-0.39, 0.29) is 17.8 Å². The minimum atomic E-state index is -0.431. The molecule has 1 fully saturated rings. The van der Waals surface area contributed by atoms with Crippen molar-refractivity contribution in [3.05, 3.63) is 34.9 Å². The van der Waals surface area contributed by atoms with Crippen LogP contribution >= 0.6 is 11.6 Å². The van der Waals surface area contributed by atoms with Gasteiger partial charge in [-0.3, -0.25) is 4.79 Å². The summed E-state index contributed by atoms with van der Waals surface area (Å²) in [5.74, 6) is -0.479. The summed E-state index contributed by atoms with van der Waals surface area (Å²) >= 11 is 5.83. The first kappa shape index (κ1) is 12.4. The Morgan fingerprint density at radius 2 is 2.00 bits per heavy atom. The number of aliphatic hydroxyl groups excluding tert-OH is 1. The highest BCUT2D eigenvalue weighted by Gasteiger charge is 2.39. The molecular formula is C13H15ClO3. The average Bonchev–Trinajstić information content (AvgIpc) is 2.71. The van der Waals surface area contributed by atoms with Gasteiger partial charge in [0.25, 0.3) is 0 Å². The number of benzene rings is 1. The van der Waals surface area contributed by atoms with Crippen molar-refractivity contribution in [3.8, 4) is 0 Å². The van der Waals surface area contributed by atoms with E-state index in [1.165, 1.54) is 7.11 Å². The van der Waals surface area contributed by atoms with E-state index in [0.29, 0.717) is 17.9 Å². The molecule has 0 amide bonds. The maximum absolute atomic E-state index is 11.7. The van der Waals surface area contributed by atoms with Gasteiger partial charge in [-0.2, -0.15) is 0 Å². The number of halogens is 1. The molecule has 0 unspecified atom stereocenters. The number of methoxy groups -OCH3 is 1. The zero-order valence-corrected chi connectivity index (χ0v) is 10.4. The summed E-state index contributed by atoms with van der Waals surface area (Å²) in [6.07, 6.45) is 0.640. The van der Waals surface area contributed by atoms with Crippen molar-refractivity contribution in [1.82, 2.24) is 0 Å². The van der Waals surface area contributed by atoms with E-state index in [2.05, 4.69) is 0 Å². The van der Waals surface area contributed by atoms with Crippen LogP contribution in [0.2, 0.25) is 5.02 Å². The van der Waals surface area contributed by atoms with Gasteiger partial charge in [0.15, 0.2) is 0 Å². The van der Waals surface area contributed by atoms with Crippen LogP contribution in [0.1, 0.15) is 24.3 Å². The molecule has 3 nitrogen and oxygen atoms in total. The highest BCUT2D eigenvalue weighted by molar-refractivity contribution is 6.30. The molecule has 0 bridgehead atoms. The SMILES string of the molecule is COC(=O)[C@@H]1C[C@H](O)C[C@H]1c1ccc(Cl)cc1. The lowest BCUT2D eigenvalue weighted by Gasteiger charge is -2.17. The zero-order chi connectivity index (χ0) is 12.4. The number of aliphatic hydroxyl groups is 1. The molecule has 17 heavy (non-hydrogen) atoms. The van der Waals surface area contributed by atoms with Crippen LogP contribution in [0.15, 0.2) is 24.3 Å². The second-order valence-corrected chi connectivity index (χ2v) is 4.85. The number of hydrogen-bond donors (Lipinski definition) is 1. The van der Waals surface area contributed by atoms with E-state index >= 15 is 0 Å². The lowest BCUT2D eigenvalue weighted by atomic mass is 9.89. The molecule has 2 rings (SSSR count). The van der Waals surface area contributed by atoms with Gasteiger partial charge in [0.05, 0.1) is 19.1 Å². The Labute approximate surface area is 105 Å². The van der Waals surface area contributed by atoms with Crippen LogP contribution < -0.4 is 0 Å². The Balaban J connectivity index is 2.23. The molecule has 0 aliphatic heterocycles. The molecule has 1 aromatic rings. The van der Waals surface area contributed by atoms with E-state index in [1.54, 1.807) is 12.1 Å². The number of carbonyl (C=O) groups is 1. The van der Waals surface area contributed by atoms with Gasteiger partial charge in [0, 0.05) is 5.02 Å². The van der Waals surface area contributed by atoms with Crippen LogP contribution in [0.3, 0.4) is 0 Å². The maximum atomic E-state index is 11.7. The molecule has 0 heterocycles. The van der Waals surface area contributed by atoms with Gasteiger partial charge in [-0.1, -0.05) is 23.7 Å². The van der Waals surface area contributed by atoms with E-state index in [0.717, 1.165) is 5.56 Å². The number of hydrogen-bond acceptors (Lipinski definition) is 3. The molecule has 3 atom stereocenters. The maximum Gasteiger partial charge on any atom is 0.309 e. The molecule has 0 aromatic heterocycles. The van der Waals surface area contributed by atoms with Crippen LogP contribution in [0.25, 0.3) is 0 Å². The molecule has 1 saturated carbocycles. The summed E-state index contributed by atoms with van der Waals surface area (Å²) in [6, 6.07) is 7.41. The van der Waals surface area contributed by atoms with Crippen molar-refractivity contribution < 1.29 is 14.6 Å². The van der Waals surface area contributed by atoms with Crippen LogP contribution in [0.4, 0.5) is 0 Å². The second-order valence-electron chi connectivity index (χ2n) is 4.41. The molecule has 1 aliphatic carbocycles. The normalized spacial score (nSPS) is 28.1. The van der Waals surface area contributed by atoms with Crippen LogP contribution in [0.5, 0.6) is 0 Å². The quantitative estimate of drug-likeness (QED) is 0.825. The van der Waals surface area contributed by atoms with Crippen molar-refractivity contribution in [3.63, 3.8) is 0 Å². The fraction of sp³-hybridized carbons (Fsp3) is 0.462. The minimum Gasteiger partial charge on any atom is -0.469 e. The van der Waals surface area contributed by atoms with Crippen LogP contribution in [0, 0.1) is 5.92 Å². The van der Waals surface area contributed by atoms with Crippen molar-refractivity contribution in [2.45, 2.75) is 24.9 Å². The summed E-state index contributed by atoms with van der Waals surface area (Å²) in [5.41, 5.74) is 1.03. The van der Waals surface area contributed by atoms with E-state index < -0.39 is 6.10 Å². The topological polar surface area (TPSA) is 46.5 Å². The first-order valence-electron chi connectivity index (χ1n) is 5.63. The predicted molar refractivity (Wildman–Crippen MR) is 64.9 cm³/mol. The van der Waals surface area contributed by atoms with E-state index in [1.807, 2.05) is 12.1 Å². The lowest BCUT2D eigenvalue weighted by molar-refractivity contribution is -0.145. The Bertz CT molecular complexity index is 402. The van der Waals surface area contributed by atoms with Crippen molar-refractivity contribution in [1.29, 1.82) is 0 Å². The molecule has 1 aliphatic rings. The molecule has 0 radical (unpaired) electrons. The van der Waals surface area contributed by atoms with Crippen molar-refractivity contribution >= 4 is 17.6 Å². The minimum absolute atomic E-state index is 0.0229. The molecule has 0 spiro atoms. The lowest BCUT2D eigenvalue weighted by Crippen LogP contribution is -2.19. The Morgan fingerprint density at radius 1 is 1.35 bits per heavy atom. The van der Waals surface area contributed by atoms with Gasteiger partial charge in [0.1, 0.15) is 0 Å². The second kappa shape index (κ2) is 5.07. The van der Waals surface area contributed by atoms with Crippen LogP contribution in [-0.4, -0.2) is 24.3 Å². The first-order valence-corrected chi connectivity index (χ1v) is 6.01. The fourth-order valence-electron chi connectivity index (χ4n) is 2.50. The monoisotopic (exact) mass is 254 g/mol. The Morgan fingerprint density at radius 3 is 2.59 bits per heavy atom. The summed E-state index contributed by atoms with van der Waals surface area (Å²) in [5, 5.41) is 10.4.